The fraction of sp³-hybridized carbons (Fsp3) is 0.0833. The maximum Gasteiger partial charge on any atom is 0.287 e. The number of hydrogen-bond acceptors (Lipinski definition) is 3. The molecule has 110 valence electrons. The summed E-state index contributed by atoms with van der Waals surface area (Å²) in [6.45, 7) is -0.335. The SMILES string of the molecule is O=C(Cn1ncc(Cl)c(Cl)c1=O)Nc1cccc(Cl)c1Cl. The number of halogens is 4. The van der Waals surface area contributed by atoms with Crippen molar-refractivity contribution in [3.63, 3.8) is 0 Å². The van der Waals surface area contributed by atoms with Gasteiger partial charge in [-0.05, 0) is 12.1 Å². The monoisotopic (exact) mass is 365 g/mol. The fourth-order valence-corrected chi connectivity index (χ4v) is 2.10. The molecule has 1 aromatic heterocycles. The van der Waals surface area contributed by atoms with Crippen molar-refractivity contribution in [2.24, 2.45) is 0 Å². The molecule has 1 heterocycles. The molecule has 0 saturated heterocycles. The minimum atomic E-state index is -0.656. The molecule has 0 atom stereocenters. The van der Waals surface area contributed by atoms with Gasteiger partial charge >= 0.3 is 0 Å². The molecule has 1 aromatic carbocycles. The van der Waals surface area contributed by atoms with Crippen LogP contribution in [0, 0.1) is 0 Å². The lowest BCUT2D eigenvalue weighted by atomic mass is 10.3. The smallest absolute Gasteiger partial charge is 0.287 e. The van der Waals surface area contributed by atoms with Gasteiger partial charge in [-0.2, -0.15) is 5.10 Å². The van der Waals surface area contributed by atoms with Gasteiger partial charge in [0.05, 0.1) is 27.0 Å². The lowest BCUT2D eigenvalue weighted by Gasteiger charge is -2.09. The first-order chi connectivity index (χ1) is 9.90. The van der Waals surface area contributed by atoms with E-state index in [1.807, 2.05) is 0 Å². The van der Waals surface area contributed by atoms with Crippen LogP contribution in [0.15, 0.2) is 29.2 Å². The molecule has 0 aliphatic rings. The minimum absolute atomic E-state index is 0.0243. The quantitative estimate of drug-likeness (QED) is 0.904. The summed E-state index contributed by atoms with van der Waals surface area (Å²) in [6.07, 6.45) is 1.19. The number of nitrogens with zero attached hydrogens (tertiary/aromatic N) is 2. The van der Waals surface area contributed by atoms with E-state index >= 15 is 0 Å². The summed E-state index contributed by atoms with van der Waals surface area (Å²) < 4.78 is 0.891. The van der Waals surface area contributed by atoms with Crippen LogP contribution in [0.2, 0.25) is 20.1 Å². The van der Waals surface area contributed by atoms with Crippen LogP contribution in [0.1, 0.15) is 0 Å². The molecule has 1 amide bonds. The van der Waals surface area contributed by atoms with E-state index in [2.05, 4.69) is 10.4 Å². The molecule has 0 spiro atoms. The molecule has 0 saturated carbocycles. The topological polar surface area (TPSA) is 64.0 Å². The Bertz CT molecular complexity index is 761. The van der Waals surface area contributed by atoms with E-state index < -0.39 is 11.5 Å². The van der Waals surface area contributed by atoms with E-state index in [-0.39, 0.29) is 21.6 Å². The lowest BCUT2D eigenvalue weighted by molar-refractivity contribution is -0.117. The highest BCUT2D eigenvalue weighted by Gasteiger charge is 2.12. The number of amides is 1. The molecule has 0 bridgehead atoms. The fourth-order valence-electron chi connectivity index (χ4n) is 1.48. The standard InChI is InChI=1S/C12H7Cl4N3O2/c13-6-2-1-3-8(10(6)15)18-9(20)5-19-12(21)11(16)7(14)4-17-19/h1-4H,5H2,(H,18,20). The highest BCUT2D eigenvalue weighted by atomic mass is 35.5. The normalized spacial score (nSPS) is 10.5. The summed E-state index contributed by atoms with van der Waals surface area (Å²) in [7, 11) is 0. The third kappa shape index (κ3) is 3.68. The van der Waals surface area contributed by atoms with Crippen LogP contribution in [-0.2, 0) is 11.3 Å². The number of anilines is 1. The average Bonchev–Trinajstić information content (AvgIpc) is 2.45. The van der Waals surface area contributed by atoms with Crippen molar-refractivity contribution in [1.29, 1.82) is 0 Å². The molecule has 0 radical (unpaired) electrons. The second-order valence-electron chi connectivity index (χ2n) is 3.92. The van der Waals surface area contributed by atoms with Crippen molar-refractivity contribution >= 4 is 58.0 Å². The van der Waals surface area contributed by atoms with Gasteiger partial charge in [0, 0.05) is 0 Å². The zero-order chi connectivity index (χ0) is 15.6. The van der Waals surface area contributed by atoms with Gasteiger partial charge in [-0.15, -0.1) is 0 Å². The van der Waals surface area contributed by atoms with Gasteiger partial charge in [-0.25, -0.2) is 4.68 Å². The molecule has 2 rings (SSSR count). The van der Waals surface area contributed by atoms with Crippen molar-refractivity contribution < 1.29 is 4.79 Å². The van der Waals surface area contributed by atoms with Crippen molar-refractivity contribution in [2.75, 3.05) is 5.32 Å². The van der Waals surface area contributed by atoms with Gasteiger partial charge in [0.1, 0.15) is 11.6 Å². The maximum atomic E-state index is 11.9. The highest BCUT2D eigenvalue weighted by Crippen LogP contribution is 2.29. The van der Waals surface area contributed by atoms with E-state index in [1.165, 1.54) is 6.20 Å². The summed E-state index contributed by atoms with van der Waals surface area (Å²) in [5.41, 5.74) is -0.321. The van der Waals surface area contributed by atoms with Crippen LogP contribution < -0.4 is 10.9 Å². The van der Waals surface area contributed by atoms with Gasteiger partial charge in [-0.3, -0.25) is 9.59 Å². The molecule has 0 aliphatic heterocycles. The zero-order valence-corrected chi connectivity index (χ0v) is 13.3. The van der Waals surface area contributed by atoms with Crippen LogP contribution in [0.25, 0.3) is 0 Å². The second kappa shape index (κ2) is 6.66. The van der Waals surface area contributed by atoms with Gasteiger partial charge in [0.2, 0.25) is 5.91 Å². The largest absolute Gasteiger partial charge is 0.323 e. The van der Waals surface area contributed by atoms with Gasteiger partial charge in [0.15, 0.2) is 0 Å². The van der Waals surface area contributed by atoms with Crippen LogP contribution in [0.3, 0.4) is 0 Å². The molecule has 0 aliphatic carbocycles. The van der Waals surface area contributed by atoms with Gasteiger partial charge in [0.25, 0.3) is 5.56 Å². The predicted octanol–water partition coefficient (Wildman–Crippen LogP) is 3.50. The van der Waals surface area contributed by atoms with E-state index in [4.69, 9.17) is 46.4 Å². The molecular weight excluding hydrogens is 360 g/mol. The molecule has 5 nitrogen and oxygen atoms in total. The Kier molecular flexibility index (Phi) is 5.11. The second-order valence-corrected chi connectivity index (χ2v) is 5.49. The van der Waals surface area contributed by atoms with Crippen molar-refractivity contribution in [3.05, 3.63) is 54.8 Å². The molecule has 21 heavy (non-hydrogen) atoms. The number of benzene rings is 1. The molecule has 9 heteroatoms. The van der Waals surface area contributed by atoms with Crippen LogP contribution in [0.5, 0.6) is 0 Å². The summed E-state index contributed by atoms with van der Waals surface area (Å²) in [5.74, 6) is -0.507. The highest BCUT2D eigenvalue weighted by molar-refractivity contribution is 6.44. The van der Waals surface area contributed by atoms with Crippen molar-refractivity contribution in [1.82, 2.24) is 9.78 Å². The van der Waals surface area contributed by atoms with Crippen molar-refractivity contribution in [2.45, 2.75) is 6.54 Å². The summed E-state index contributed by atoms with van der Waals surface area (Å²) >= 11 is 23.1. The Balaban J connectivity index is 2.18. The first kappa shape index (κ1) is 16.1. The van der Waals surface area contributed by atoms with Gasteiger partial charge < -0.3 is 5.32 Å². The zero-order valence-electron chi connectivity index (χ0n) is 10.2. The van der Waals surface area contributed by atoms with Crippen LogP contribution in [0.4, 0.5) is 5.69 Å². The predicted molar refractivity (Wildman–Crippen MR) is 83.6 cm³/mol. The third-order valence-corrected chi connectivity index (χ3v) is 4.03. The summed E-state index contributed by atoms with van der Waals surface area (Å²) in [5, 5.41) is 6.60. The Labute approximate surface area is 139 Å². The number of carbonyl (C=O) groups is 1. The minimum Gasteiger partial charge on any atom is -0.323 e. The average molecular weight is 367 g/mol. The van der Waals surface area contributed by atoms with Crippen LogP contribution in [-0.4, -0.2) is 15.7 Å². The maximum absolute atomic E-state index is 11.9. The first-order valence-electron chi connectivity index (χ1n) is 5.55. The van der Waals surface area contributed by atoms with Crippen molar-refractivity contribution in [3.8, 4) is 0 Å². The van der Waals surface area contributed by atoms with Gasteiger partial charge in [-0.1, -0.05) is 52.5 Å². The Morgan fingerprint density at radius 3 is 2.57 bits per heavy atom. The lowest BCUT2D eigenvalue weighted by Crippen LogP contribution is -2.29. The molecular formula is C12H7Cl4N3O2. The van der Waals surface area contributed by atoms with Crippen LogP contribution >= 0.6 is 46.4 Å². The Hall–Kier alpha value is -1.27. The third-order valence-electron chi connectivity index (χ3n) is 2.46. The number of aromatic nitrogens is 2. The molecule has 0 fully saturated rings. The molecule has 1 N–H and O–H groups in total. The first-order valence-corrected chi connectivity index (χ1v) is 7.06. The number of nitrogens with one attached hydrogen (secondary N) is 1. The van der Waals surface area contributed by atoms with E-state index in [1.54, 1.807) is 18.2 Å². The van der Waals surface area contributed by atoms with E-state index in [0.29, 0.717) is 10.7 Å². The molecule has 0 unspecified atom stereocenters. The Morgan fingerprint density at radius 2 is 1.86 bits per heavy atom. The Morgan fingerprint density at radius 1 is 1.14 bits per heavy atom. The van der Waals surface area contributed by atoms with E-state index in [9.17, 15) is 9.59 Å². The summed E-state index contributed by atoms with van der Waals surface area (Å²) in [4.78, 5) is 23.7. The molecule has 2 aromatic rings. The number of carbonyl (C=O) groups excluding carboxylic acids is 1. The van der Waals surface area contributed by atoms with E-state index in [0.717, 1.165) is 4.68 Å². The number of hydrogen-bond donors (Lipinski definition) is 1. The number of rotatable bonds is 3. The summed E-state index contributed by atoms with van der Waals surface area (Å²) in [6, 6.07) is 4.80.